The van der Waals surface area contributed by atoms with Crippen LogP contribution in [0.4, 0.5) is 0 Å². The summed E-state index contributed by atoms with van der Waals surface area (Å²) >= 11 is 12.1. The van der Waals surface area contributed by atoms with Gasteiger partial charge in [0.05, 0.1) is 10.6 Å². The summed E-state index contributed by atoms with van der Waals surface area (Å²) in [4.78, 5) is 0. The van der Waals surface area contributed by atoms with Crippen LogP contribution in [0, 0.1) is 6.92 Å². The number of ether oxygens (including phenoxy) is 1. The van der Waals surface area contributed by atoms with Crippen molar-refractivity contribution < 1.29 is 9.15 Å². The van der Waals surface area contributed by atoms with Crippen LogP contribution in [0.1, 0.15) is 36.8 Å². The Kier molecular flexibility index (Phi) is 5.30. The Bertz CT molecular complexity index is 891. The molecule has 0 aliphatic carbocycles. The average Bonchev–Trinajstić information content (AvgIpc) is 3.01. The van der Waals surface area contributed by atoms with Crippen LogP contribution >= 0.6 is 23.2 Å². The topological polar surface area (TPSA) is 48.2 Å². The summed E-state index contributed by atoms with van der Waals surface area (Å²) in [6, 6.07) is 11.3. The van der Waals surface area contributed by atoms with Crippen LogP contribution in [-0.4, -0.2) is 10.2 Å². The Morgan fingerprint density at radius 3 is 2.60 bits per heavy atom. The van der Waals surface area contributed by atoms with Gasteiger partial charge in [0.15, 0.2) is 6.61 Å². The molecule has 130 valence electrons. The van der Waals surface area contributed by atoms with Gasteiger partial charge in [-0.2, -0.15) is 0 Å². The summed E-state index contributed by atoms with van der Waals surface area (Å²) in [7, 11) is 0. The molecule has 0 saturated carbocycles. The van der Waals surface area contributed by atoms with Crippen LogP contribution < -0.4 is 4.74 Å². The Morgan fingerprint density at radius 1 is 1.08 bits per heavy atom. The Balaban J connectivity index is 1.78. The molecule has 0 saturated heterocycles. The van der Waals surface area contributed by atoms with Crippen molar-refractivity contribution in [1.82, 2.24) is 10.2 Å². The van der Waals surface area contributed by atoms with Crippen molar-refractivity contribution in [2.24, 2.45) is 0 Å². The Morgan fingerprint density at radius 2 is 1.88 bits per heavy atom. The first-order valence-corrected chi connectivity index (χ1v) is 8.71. The second-order valence-corrected chi connectivity index (χ2v) is 6.95. The van der Waals surface area contributed by atoms with Crippen molar-refractivity contribution in [2.75, 3.05) is 0 Å². The Labute approximate surface area is 156 Å². The fraction of sp³-hybridized carbons (Fsp3) is 0.263. The molecule has 4 nitrogen and oxygen atoms in total. The normalized spacial score (nSPS) is 11.1. The van der Waals surface area contributed by atoms with Crippen molar-refractivity contribution in [3.63, 3.8) is 0 Å². The highest BCUT2D eigenvalue weighted by molar-refractivity contribution is 6.36. The third-order valence-electron chi connectivity index (χ3n) is 3.77. The van der Waals surface area contributed by atoms with Gasteiger partial charge >= 0.3 is 0 Å². The SMILES string of the molecule is Cc1ccc(C(C)C)c(OCc2nnc(-c3ccc(Cl)cc3Cl)o2)c1. The lowest BCUT2D eigenvalue weighted by Crippen LogP contribution is -2.00. The first kappa shape index (κ1) is 17.8. The third kappa shape index (κ3) is 4.14. The van der Waals surface area contributed by atoms with Gasteiger partial charge in [-0.15, -0.1) is 10.2 Å². The van der Waals surface area contributed by atoms with Crippen LogP contribution in [0.2, 0.25) is 10.0 Å². The minimum Gasteiger partial charge on any atom is -0.484 e. The molecule has 1 aromatic heterocycles. The first-order valence-electron chi connectivity index (χ1n) is 7.95. The largest absolute Gasteiger partial charge is 0.484 e. The zero-order chi connectivity index (χ0) is 18.0. The first-order chi connectivity index (χ1) is 11.9. The van der Waals surface area contributed by atoms with Crippen LogP contribution in [0.3, 0.4) is 0 Å². The molecule has 0 N–H and O–H groups in total. The number of rotatable bonds is 5. The highest BCUT2D eigenvalue weighted by Crippen LogP contribution is 2.30. The van der Waals surface area contributed by atoms with Gasteiger partial charge in [-0.25, -0.2) is 0 Å². The molecule has 0 atom stereocenters. The van der Waals surface area contributed by atoms with Crippen molar-refractivity contribution in [3.05, 3.63) is 63.5 Å². The van der Waals surface area contributed by atoms with Gasteiger partial charge in [0.2, 0.25) is 5.89 Å². The summed E-state index contributed by atoms with van der Waals surface area (Å²) < 4.78 is 11.6. The summed E-state index contributed by atoms with van der Waals surface area (Å²) in [6.45, 7) is 6.49. The molecule has 0 aliphatic heterocycles. The molecule has 0 radical (unpaired) electrons. The highest BCUT2D eigenvalue weighted by Gasteiger charge is 2.14. The maximum Gasteiger partial charge on any atom is 0.254 e. The van der Waals surface area contributed by atoms with E-state index in [-0.39, 0.29) is 6.61 Å². The molecule has 0 fully saturated rings. The molecular weight excluding hydrogens is 359 g/mol. The van der Waals surface area contributed by atoms with Gasteiger partial charge in [0.25, 0.3) is 5.89 Å². The monoisotopic (exact) mass is 376 g/mol. The maximum atomic E-state index is 6.18. The quantitative estimate of drug-likeness (QED) is 0.543. The van der Waals surface area contributed by atoms with Crippen molar-refractivity contribution in [2.45, 2.75) is 33.3 Å². The van der Waals surface area contributed by atoms with Gasteiger partial charge in [-0.1, -0.05) is 49.2 Å². The van der Waals surface area contributed by atoms with Gasteiger partial charge < -0.3 is 9.15 Å². The second kappa shape index (κ2) is 7.46. The number of benzene rings is 2. The molecule has 0 spiro atoms. The van der Waals surface area contributed by atoms with Crippen LogP contribution in [0.5, 0.6) is 5.75 Å². The predicted octanol–water partition coefficient (Wildman–Crippen LogP) is 6.05. The third-order valence-corrected chi connectivity index (χ3v) is 4.32. The van der Waals surface area contributed by atoms with Gasteiger partial charge in [0, 0.05) is 5.02 Å². The molecule has 0 amide bonds. The van der Waals surface area contributed by atoms with E-state index in [1.807, 2.05) is 13.0 Å². The van der Waals surface area contributed by atoms with Crippen LogP contribution in [0.15, 0.2) is 40.8 Å². The molecule has 0 bridgehead atoms. The molecule has 3 aromatic rings. The fourth-order valence-corrected chi connectivity index (χ4v) is 2.96. The van der Waals surface area contributed by atoms with E-state index in [0.29, 0.717) is 33.3 Å². The van der Waals surface area contributed by atoms with Gasteiger partial charge in [-0.05, 0) is 48.2 Å². The molecule has 6 heteroatoms. The van der Waals surface area contributed by atoms with E-state index in [9.17, 15) is 0 Å². The molecule has 0 unspecified atom stereocenters. The van der Waals surface area contributed by atoms with E-state index < -0.39 is 0 Å². The maximum absolute atomic E-state index is 6.18. The van der Waals surface area contributed by atoms with Crippen LogP contribution in [-0.2, 0) is 6.61 Å². The predicted molar refractivity (Wildman–Crippen MR) is 99.4 cm³/mol. The standard InChI is InChI=1S/C19H18Cl2N2O2/c1-11(2)14-6-4-12(3)8-17(14)24-10-18-22-23-19(25-18)15-7-5-13(20)9-16(15)21/h4-9,11H,10H2,1-3H3. The van der Waals surface area contributed by atoms with Crippen LogP contribution in [0.25, 0.3) is 11.5 Å². The zero-order valence-corrected chi connectivity index (χ0v) is 15.7. The Hall–Kier alpha value is -2.04. The molecule has 25 heavy (non-hydrogen) atoms. The molecule has 0 aliphatic rings. The molecule has 2 aromatic carbocycles. The summed E-state index contributed by atoms with van der Waals surface area (Å²) in [5, 5.41) is 9.09. The van der Waals surface area contributed by atoms with Crippen molar-refractivity contribution in [3.8, 4) is 17.2 Å². The van der Waals surface area contributed by atoms with E-state index in [0.717, 1.165) is 16.9 Å². The van der Waals surface area contributed by atoms with E-state index in [4.69, 9.17) is 32.4 Å². The van der Waals surface area contributed by atoms with E-state index in [1.54, 1.807) is 18.2 Å². The van der Waals surface area contributed by atoms with Crippen molar-refractivity contribution in [1.29, 1.82) is 0 Å². The fourth-order valence-electron chi connectivity index (χ4n) is 2.47. The van der Waals surface area contributed by atoms with Crippen molar-refractivity contribution >= 4 is 23.2 Å². The summed E-state index contributed by atoms with van der Waals surface area (Å²) in [6.07, 6.45) is 0. The van der Waals surface area contributed by atoms with Gasteiger partial charge in [-0.3, -0.25) is 0 Å². The number of aromatic nitrogens is 2. The second-order valence-electron chi connectivity index (χ2n) is 6.11. The lowest BCUT2D eigenvalue weighted by Gasteiger charge is -2.13. The van der Waals surface area contributed by atoms with E-state index in [2.05, 4.69) is 36.2 Å². The smallest absolute Gasteiger partial charge is 0.254 e. The zero-order valence-electron chi connectivity index (χ0n) is 14.2. The average molecular weight is 377 g/mol. The number of aryl methyl sites for hydroxylation is 1. The van der Waals surface area contributed by atoms with E-state index in [1.165, 1.54) is 0 Å². The molecule has 1 heterocycles. The number of nitrogens with zero attached hydrogens (tertiary/aromatic N) is 2. The number of hydrogen-bond donors (Lipinski definition) is 0. The lowest BCUT2D eigenvalue weighted by atomic mass is 10.0. The minimum absolute atomic E-state index is 0.196. The van der Waals surface area contributed by atoms with Gasteiger partial charge in [0.1, 0.15) is 5.75 Å². The van der Waals surface area contributed by atoms with E-state index >= 15 is 0 Å². The lowest BCUT2D eigenvalue weighted by molar-refractivity contribution is 0.261. The number of hydrogen-bond acceptors (Lipinski definition) is 4. The summed E-state index contributed by atoms with van der Waals surface area (Å²) in [5.74, 6) is 1.92. The summed E-state index contributed by atoms with van der Waals surface area (Å²) in [5.41, 5.74) is 2.92. The number of halogens is 2. The highest BCUT2D eigenvalue weighted by atomic mass is 35.5. The molecular formula is C19H18Cl2N2O2. The molecule has 3 rings (SSSR count). The minimum atomic E-state index is 0.196.